The van der Waals surface area contributed by atoms with Gasteiger partial charge in [-0.25, -0.2) is 0 Å². The van der Waals surface area contributed by atoms with E-state index in [4.69, 9.17) is 21.1 Å². The summed E-state index contributed by atoms with van der Waals surface area (Å²) >= 11 is 0. The maximum Gasteiger partial charge on any atom is 0.321 e. The molecule has 0 aliphatic carbocycles. The van der Waals surface area contributed by atoms with Gasteiger partial charge >= 0.3 is 11.9 Å². The van der Waals surface area contributed by atoms with E-state index in [1.54, 1.807) is 0 Å². The van der Waals surface area contributed by atoms with Gasteiger partial charge in [0.25, 0.3) is 0 Å². The number of azide groups is 1. The third-order valence-electron chi connectivity index (χ3n) is 2.76. The second-order valence-corrected chi connectivity index (χ2v) is 4.48. The predicted molar refractivity (Wildman–Crippen MR) is 77.5 cm³/mol. The summed E-state index contributed by atoms with van der Waals surface area (Å²) < 4.78 is 4.82. The molecule has 5 N–H and O–H groups in total. The molecular weight excluding hydrogens is 294 g/mol. The van der Waals surface area contributed by atoms with Gasteiger partial charge in [-0.05, 0) is 12.0 Å². The molecule has 10 heteroatoms. The number of aliphatic hydroxyl groups is 1. The van der Waals surface area contributed by atoms with Crippen molar-refractivity contribution in [1.82, 2.24) is 5.32 Å². The van der Waals surface area contributed by atoms with Gasteiger partial charge in [-0.3, -0.25) is 14.9 Å². The Morgan fingerprint density at radius 2 is 2.23 bits per heavy atom. The van der Waals surface area contributed by atoms with E-state index in [2.05, 4.69) is 21.9 Å². The Kier molecular flexibility index (Phi) is 10.4. The molecule has 0 radical (unpaired) electrons. The van der Waals surface area contributed by atoms with Crippen LogP contribution >= 0.6 is 0 Å². The van der Waals surface area contributed by atoms with E-state index in [-0.39, 0.29) is 32.5 Å². The molecule has 124 valence electrons. The largest absolute Gasteiger partial charge is 0.480 e. The summed E-state index contributed by atoms with van der Waals surface area (Å²) in [6.07, 6.45) is 0.332. The van der Waals surface area contributed by atoms with Gasteiger partial charge in [0.2, 0.25) is 0 Å². The average molecular weight is 315 g/mol. The smallest absolute Gasteiger partial charge is 0.321 e. The van der Waals surface area contributed by atoms with Crippen molar-refractivity contribution in [2.45, 2.75) is 25.1 Å². The minimum Gasteiger partial charge on any atom is -0.480 e. The lowest BCUT2D eigenvalue weighted by Crippen LogP contribution is -2.46. The zero-order valence-electron chi connectivity index (χ0n) is 12.1. The zero-order chi connectivity index (χ0) is 17.0. The van der Waals surface area contributed by atoms with Gasteiger partial charge < -0.3 is 20.7 Å². The number of nitrogens with one attached hydrogen (secondary N) is 1. The lowest BCUT2D eigenvalue weighted by molar-refractivity contribution is -0.145. The summed E-state index contributed by atoms with van der Waals surface area (Å²) in [5.41, 5.74) is 13.6. The fraction of sp³-hybridized carbons (Fsp3) is 0.667. The molecule has 10 nitrogen and oxygen atoms in total. The molecule has 0 spiro atoms. The Bertz CT molecular complexity index is 424. The fourth-order valence-electron chi connectivity index (χ4n) is 1.57. The predicted octanol–water partition coefficient (Wildman–Crippen LogP) is -0.258. The molecule has 0 amide bonds. The number of aliphatic carboxylic acids is 1. The quantitative estimate of drug-likeness (QED) is 0.0959. The molecule has 3 atom stereocenters. The average Bonchev–Trinajstić information content (AvgIpc) is 2.49. The van der Waals surface area contributed by atoms with Crippen LogP contribution in [-0.4, -0.2) is 54.1 Å². The van der Waals surface area contributed by atoms with Crippen LogP contribution in [-0.2, 0) is 14.3 Å². The maximum absolute atomic E-state index is 11.6. The van der Waals surface area contributed by atoms with Crippen molar-refractivity contribution in [2.75, 3.05) is 19.7 Å². The van der Waals surface area contributed by atoms with Crippen LogP contribution < -0.4 is 11.1 Å². The highest BCUT2D eigenvalue weighted by Crippen LogP contribution is 2.14. The lowest BCUT2D eigenvalue weighted by Gasteiger charge is -2.23. The molecule has 0 aromatic rings. The second kappa shape index (κ2) is 11.5. The van der Waals surface area contributed by atoms with Gasteiger partial charge in [-0.15, -0.1) is 0 Å². The molecule has 0 aromatic heterocycles. The lowest BCUT2D eigenvalue weighted by atomic mass is 9.99. The molecule has 2 unspecified atom stereocenters. The number of nitrogens with two attached hydrogens (primary N) is 1. The Hall–Kier alpha value is -2.13. The SMILES string of the molecule is C=CCOC(=O)CC(CCN=[N+]=[N-])C(O)NC[C@H](N)C(=O)O. The third kappa shape index (κ3) is 8.93. The molecule has 0 saturated carbocycles. The van der Waals surface area contributed by atoms with Gasteiger partial charge in [0, 0.05) is 23.9 Å². The summed E-state index contributed by atoms with van der Waals surface area (Å²) in [6.45, 7) is 3.37. The molecule has 0 aliphatic heterocycles. The van der Waals surface area contributed by atoms with Gasteiger partial charge in [0.15, 0.2) is 0 Å². The fourth-order valence-corrected chi connectivity index (χ4v) is 1.57. The normalized spacial score (nSPS) is 14.3. The van der Waals surface area contributed by atoms with E-state index in [1.807, 2.05) is 0 Å². The Labute approximate surface area is 127 Å². The number of hydrogen-bond acceptors (Lipinski definition) is 7. The third-order valence-corrected chi connectivity index (χ3v) is 2.76. The number of aliphatic hydroxyl groups excluding tert-OH is 1. The maximum atomic E-state index is 11.6. The van der Waals surface area contributed by atoms with Crippen LogP contribution in [0.4, 0.5) is 0 Å². The number of ether oxygens (including phenoxy) is 1. The number of carboxylic acids is 1. The van der Waals surface area contributed by atoms with E-state index >= 15 is 0 Å². The number of nitrogens with zero attached hydrogens (tertiary/aromatic N) is 3. The highest BCUT2D eigenvalue weighted by Gasteiger charge is 2.24. The summed E-state index contributed by atoms with van der Waals surface area (Å²) in [6, 6.07) is -1.18. The molecule has 0 fully saturated rings. The number of hydrogen-bond donors (Lipinski definition) is 4. The van der Waals surface area contributed by atoms with Crippen LogP contribution in [0.1, 0.15) is 12.8 Å². The molecule has 0 bridgehead atoms. The van der Waals surface area contributed by atoms with Gasteiger partial charge in [0.1, 0.15) is 18.9 Å². The van der Waals surface area contributed by atoms with Crippen molar-refractivity contribution in [1.29, 1.82) is 0 Å². The highest BCUT2D eigenvalue weighted by atomic mass is 16.5. The standard InChI is InChI=1S/C12H21N5O5/c1-2-5-22-10(18)6-8(3-4-16-17-14)11(19)15-7-9(13)12(20)21/h2,8-9,11,15,19H,1,3-7,13H2,(H,20,21)/t8?,9-,11?/m0/s1. The molecule has 22 heavy (non-hydrogen) atoms. The van der Waals surface area contributed by atoms with Gasteiger partial charge in [-0.2, -0.15) is 0 Å². The topological polar surface area (TPSA) is 171 Å². The number of esters is 1. The van der Waals surface area contributed by atoms with Crippen molar-refractivity contribution < 1.29 is 24.5 Å². The number of carbonyl (C=O) groups excluding carboxylic acids is 1. The first-order chi connectivity index (χ1) is 10.4. The summed E-state index contributed by atoms with van der Waals surface area (Å²) in [5, 5.41) is 24.5. The summed E-state index contributed by atoms with van der Waals surface area (Å²) in [5.74, 6) is -2.37. The highest BCUT2D eigenvalue weighted by molar-refractivity contribution is 5.73. The number of carbonyl (C=O) groups is 2. The van der Waals surface area contributed by atoms with Crippen LogP contribution in [0.25, 0.3) is 10.4 Å². The first kappa shape index (κ1) is 19.9. The van der Waals surface area contributed by atoms with Crippen molar-refractivity contribution >= 4 is 11.9 Å². The minimum absolute atomic E-state index is 0.0509. The van der Waals surface area contributed by atoms with Gasteiger partial charge in [-0.1, -0.05) is 17.8 Å². The Balaban J connectivity index is 4.53. The first-order valence-electron chi connectivity index (χ1n) is 6.59. The van der Waals surface area contributed by atoms with Crippen LogP contribution in [0.15, 0.2) is 17.8 Å². The van der Waals surface area contributed by atoms with E-state index in [0.717, 1.165) is 0 Å². The number of rotatable bonds is 12. The molecule has 0 rings (SSSR count). The Morgan fingerprint density at radius 3 is 2.77 bits per heavy atom. The van der Waals surface area contributed by atoms with Gasteiger partial charge in [0.05, 0.1) is 6.42 Å². The molecular formula is C12H21N5O5. The molecule has 0 heterocycles. The van der Waals surface area contributed by atoms with E-state index in [9.17, 15) is 14.7 Å². The first-order valence-corrected chi connectivity index (χ1v) is 6.59. The molecule has 0 aromatic carbocycles. The van der Waals surface area contributed by atoms with Crippen molar-refractivity contribution in [3.05, 3.63) is 23.1 Å². The van der Waals surface area contributed by atoms with Crippen LogP contribution in [0.3, 0.4) is 0 Å². The van der Waals surface area contributed by atoms with Crippen LogP contribution in [0.5, 0.6) is 0 Å². The van der Waals surface area contributed by atoms with Crippen molar-refractivity contribution in [3.63, 3.8) is 0 Å². The van der Waals surface area contributed by atoms with E-state index in [1.165, 1.54) is 6.08 Å². The Morgan fingerprint density at radius 1 is 1.55 bits per heavy atom. The summed E-state index contributed by atoms with van der Waals surface area (Å²) in [4.78, 5) is 24.8. The molecule has 0 aliphatic rings. The van der Waals surface area contributed by atoms with Crippen LogP contribution in [0, 0.1) is 5.92 Å². The van der Waals surface area contributed by atoms with Crippen molar-refractivity contribution in [3.8, 4) is 0 Å². The monoisotopic (exact) mass is 315 g/mol. The second-order valence-electron chi connectivity index (χ2n) is 4.48. The van der Waals surface area contributed by atoms with Crippen molar-refractivity contribution in [2.24, 2.45) is 16.8 Å². The van der Waals surface area contributed by atoms with E-state index in [0.29, 0.717) is 0 Å². The van der Waals surface area contributed by atoms with E-state index < -0.39 is 30.1 Å². The summed E-state index contributed by atoms with van der Waals surface area (Å²) in [7, 11) is 0. The number of carboxylic acid groups (broad SMARTS) is 1. The minimum atomic E-state index is -1.21. The van der Waals surface area contributed by atoms with Crippen LogP contribution in [0.2, 0.25) is 0 Å². The zero-order valence-corrected chi connectivity index (χ0v) is 12.1. The molecule has 0 saturated heterocycles.